The van der Waals surface area contributed by atoms with E-state index in [0.717, 1.165) is 22.4 Å². The van der Waals surface area contributed by atoms with Gasteiger partial charge in [-0.3, -0.25) is 9.89 Å². The van der Waals surface area contributed by atoms with Gasteiger partial charge in [0.05, 0.1) is 11.9 Å². The number of ether oxygens (including phenoxy) is 1. The second-order valence-corrected chi connectivity index (χ2v) is 7.86. The Bertz CT molecular complexity index is 943. The molecule has 28 heavy (non-hydrogen) atoms. The van der Waals surface area contributed by atoms with Crippen molar-refractivity contribution < 1.29 is 14.3 Å². The number of hydrogen-bond donors (Lipinski definition) is 3. The molecule has 0 unspecified atom stereocenters. The summed E-state index contributed by atoms with van der Waals surface area (Å²) in [4.78, 5) is 28.0. The first-order valence-corrected chi connectivity index (χ1v) is 9.50. The van der Waals surface area contributed by atoms with Gasteiger partial charge in [-0.1, -0.05) is 24.3 Å². The molecule has 0 fully saturated rings. The van der Waals surface area contributed by atoms with E-state index in [2.05, 4.69) is 25.8 Å². The van der Waals surface area contributed by atoms with Gasteiger partial charge >= 0.3 is 6.09 Å². The highest BCUT2D eigenvalue weighted by Gasteiger charge is 2.17. The molecule has 3 rings (SSSR count). The molecule has 0 aliphatic carbocycles. The molecule has 146 valence electrons. The molecule has 2 amide bonds. The second-order valence-electron chi connectivity index (χ2n) is 7.01. The normalized spacial score (nSPS) is 11.1. The highest BCUT2D eigenvalue weighted by molar-refractivity contribution is 7.14. The minimum absolute atomic E-state index is 0.191. The average Bonchev–Trinajstić information content (AvgIpc) is 3.31. The second kappa shape index (κ2) is 8.22. The van der Waals surface area contributed by atoms with Gasteiger partial charge < -0.3 is 15.4 Å². The molecule has 0 saturated heterocycles. The predicted molar refractivity (Wildman–Crippen MR) is 108 cm³/mol. The lowest BCUT2D eigenvalue weighted by molar-refractivity contribution is -0.115. The van der Waals surface area contributed by atoms with E-state index in [1.54, 1.807) is 27.0 Å². The summed E-state index contributed by atoms with van der Waals surface area (Å²) in [7, 11) is 0. The molecule has 2 heterocycles. The van der Waals surface area contributed by atoms with Crippen molar-refractivity contribution in [3.63, 3.8) is 0 Å². The Morgan fingerprint density at radius 3 is 2.50 bits per heavy atom. The summed E-state index contributed by atoms with van der Waals surface area (Å²) in [6.45, 7) is 5.08. The van der Waals surface area contributed by atoms with Crippen LogP contribution in [0.2, 0.25) is 0 Å². The van der Waals surface area contributed by atoms with E-state index >= 15 is 0 Å². The molecule has 0 saturated carbocycles. The Morgan fingerprint density at radius 2 is 1.86 bits per heavy atom. The summed E-state index contributed by atoms with van der Waals surface area (Å²) >= 11 is 1.32. The van der Waals surface area contributed by atoms with Crippen LogP contribution in [-0.2, 0) is 9.53 Å². The molecule has 1 aromatic carbocycles. The van der Waals surface area contributed by atoms with Gasteiger partial charge in [0.1, 0.15) is 12.1 Å². The van der Waals surface area contributed by atoms with Crippen molar-refractivity contribution in [3.05, 3.63) is 42.0 Å². The SMILES string of the molecule is CC(C)(C)OC(=O)NCC(=O)Nc1nc(-c2ccc(-c3cn[nH]c3)cc2)cs1. The van der Waals surface area contributed by atoms with Crippen LogP contribution in [0.3, 0.4) is 0 Å². The molecule has 3 aromatic rings. The fourth-order valence-electron chi connectivity index (χ4n) is 2.34. The first-order valence-electron chi connectivity index (χ1n) is 8.62. The van der Waals surface area contributed by atoms with Crippen LogP contribution < -0.4 is 10.6 Å². The molecule has 0 atom stereocenters. The summed E-state index contributed by atoms with van der Waals surface area (Å²) in [6, 6.07) is 7.91. The van der Waals surface area contributed by atoms with E-state index in [-0.39, 0.29) is 12.5 Å². The maximum atomic E-state index is 12.0. The van der Waals surface area contributed by atoms with E-state index in [1.165, 1.54) is 11.3 Å². The van der Waals surface area contributed by atoms with Crippen molar-refractivity contribution in [3.8, 4) is 22.4 Å². The topological polar surface area (TPSA) is 109 Å². The Kier molecular flexibility index (Phi) is 5.74. The maximum absolute atomic E-state index is 12.0. The molecule has 0 aliphatic heterocycles. The Labute approximate surface area is 166 Å². The number of nitrogens with one attached hydrogen (secondary N) is 3. The Balaban J connectivity index is 1.55. The number of amides is 2. The molecular weight excluding hydrogens is 378 g/mol. The minimum atomic E-state index is -0.639. The van der Waals surface area contributed by atoms with Gasteiger partial charge in [0.2, 0.25) is 5.91 Å². The lowest BCUT2D eigenvalue weighted by atomic mass is 10.1. The van der Waals surface area contributed by atoms with E-state index in [0.29, 0.717) is 5.13 Å². The number of carbonyl (C=O) groups excluding carboxylic acids is 2. The molecule has 9 heteroatoms. The zero-order chi connectivity index (χ0) is 20.1. The van der Waals surface area contributed by atoms with Gasteiger partial charge in [-0.15, -0.1) is 11.3 Å². The highest BCUT2D eigenvalue weighted by Crippen LogP contribution is 2.27. The van der Waals surface area contributed by atoms with Crippen molar-refractivity contribution in [2.24, 2.45) is 0 Å². The Morgan fingerprint density at radius 1 is 1.14 bits per heavy atom. The van der Waals surface area contributed by atoms with E-state index in [4.69, 9.17) is 4.74 Å². The van der Waals surface area contributed by atoms with Crippen molar-refractivity contribution in [1.29, 1.82) is 0 Å². The van der Waals surface area contributed by atoms with Crippen molar-refractivity contribution >= 4 is 28.5 Å². The largest absolute Gasteiger partial charge is 0.444 e. The number of carbonyl (C=O) groups is 2. The summed E-state index contributed by atoms with van der Waals surface area (Å²) in [5.74, 6) is -0.373. The minimum Gasteiger partial charge on any atom is -0.444 e. The molecular formula is C19H21N5O3S. The monoisotopic (exact) mass is 399 g/mol. The highest BCUT2D eigenvalue weighted by atomic mass is 32.1. The zero-order valence-corrected chi connectivity index (χ0v) is 16.6. The number of aromatic amines is 1. The molecule has 0 aliphatic rings. The standard InChI is InChI=1S/C19H21N5O3S/c1-19(2,3)27-18(26)20-10-16(25)24-17-23-15(11-28-17)13-6-4-12(5-7-13)14-8-21-22-9-14/h4-9,11H,10H2,1-3H3,(H,20,26)(H,21,22)(H,23,24,25). The van der Waals surface area contributed by atoms with Crippen LogP contribution in [0.4, 0.5) is 9.93 Å². The van der Waals surface area contributed by atoms with Gasteiger partial charge in [-0.05, 0) is 26.3 Å². The number of alkyl carbamates (subject to hydrolysis) is 1. The number of anilines is 1. The third kappa shape index (κ3) is 5.40. The number of nitrogens with zero attached hydrogens (tertiary/aromatic N) is 2. The quantitative estimate of drug-likeness (QED) is 0.607. The molecule has 2 aromatic heterocycles. The average molecular weight is 399 g/mol. The zero-order valence-electron chi connectivity index (χ0n) is 15.8. The van der Waals surface area contributed by atoms with Crippen LogP contribution in [0, 0.1) is 0 Å². The third-order valence-corrected chi connectivity index (χ3v) is 4.31. The Hall–Kier alpha value is -3.20. The van der Waals surface area contributed by atoms with Crippen LogP contribution in [0.15, 0.2) is 42.0 Å². The smallest absolute Gasteiger partial charge is 0.408 e. The van der Waals surface area contributed by atoms with E-state index in [1.807, 2.05) is 35.8 Å². The lowest BCUT2D eigenvalue weighted by Crippen LogP contribution is -2.37. The summed E-state index contributed by atoms with van der Waals surface area (Å²) in [6.07, 6.45) is 2.95. The number of benzene rings is 1. The summed E-state index contributed by atoms with van der Waals surface area (Å²) < 4.78 is 5.09. The third-order valence-electron chi connectivity index (χ3n) is 3.55. The van der Waals surface area contributed by atoms with E-state index in [9.17, 15) is 9.59 Å². The van der Waals surface area contributed by atoms with Gasteiger partial charge in [0.15, 0.2) is 5.13 Å². The maximum Gasteiger partial charge on any atom is 0.408 e. The first-order chi connectivity index (χ1) is 13.3. The predicted octanol–water partition coefficient (Wildman–Crippen LogP) is 3.66. The van der Waals surface area contributed by atoms with E-state index < -0.39 is 11.7 Å². The molecule has 3 N–H and O–H groups in total. The van der Waals surface area contributed by atoms with Crippen molar-refractivity contribution in [2.75, 3.05) is 11.9 Å². The van der Waals surface area contributed by atoms with Crippen LogP contribution >= 0.6 is 11.3 Å². The van der Waals surface area contributed by atoms with Crippen molar-refractivity contribution in [1.82, 2.24) is 20.5 Å². The molecule has 0 radical (unpaired) electrons. The van der Waals surface area contributed by atoms with Gasteiger partial charge in [0, 0.05) is 22.7 Å². The molecule has 0 bridgehead atoms. The van der Waals surface area contributed by atoms with Crippen LogP contribution in [-0.4, -0.2) is 39.3 Å². The number of H-pyrrole nitrogens is 1. The molecule has 8 nitrogen and oxygen atoms in total. The fraction of sp³-hybridized carbons (Fsp3) is 0.263. The molecule has 0 spiro atoms. The fourth-order valence-corrected chi connectivity index (χ4v) is 3.07. The van der Waals surface area contributed by atoms with Crippen molar-refractivity contribution in [2.45, 2.75) is 26.4 Å². The summed E-state index contributed by atoms with van der Waals surface area (Å²) in [5.41, 5.74) is 3.15. The number of thiazole rings is 1. The van der Waals surface area contributed by atoms with Crippen LogP contribution in [0.5, 0.6) is 0 Å². The van der Waals surface area contributed by atoms with Gasteiger partial charge in [0.25, 0.3) is 0 Å². The summed E-state index contributed by atoms with van der Waals surface area (Å²) in [5, 5.41) is 14.1. The van der Waals surface area contributed by atoms with Crippen LogP contribution in [0.1, 0.15) is 20.8 Å². The first kappa shape index (κ1) is 19.6. The van der Waals surface area contributed by atoms with Gasteiger partial charge in [-0.25, -0.2) is 9.78 Å². The van der Waals surface area contributed by atoms with Crippen LogP contribution in [0.25, 0.3) is 22.4 Å². The number of rotatable bonds is 5. The number of aromatic nitrogens is 3. The van der Waals surface area contributed by atoms with Gasteiger partial charge in [-0.2, -0.15) is 5.10 Å². The number of hydrogen-bond acceptors (Lipinski definition) is 6. The lowest BCUT2D eigenvalue weighted by Gasteiger charge is -2.19.